The lowest BCUT2D eigenvalue weighted by Crippen LogP contribution is -2.35. The molecule has 140 valence electrons. The Bertz CT molecular complexity index is 639. The van der Waals surface area contributed by atoms with Crippen molar-refractivity contribution in [3.05, 3.63) is 60.4 Å². The van der Waals surface area contributed by atoms with Gasteiger partial charge in [-0.3, -0.25) is 4.79 Å². The van der Waals surface area contributed by atoms with Crippen molar-refractivity contribution in [1.29, 1.82) is 0 Å². The summed E-state index contributed by atoms with van der Waals surface area (Å²) in [5.74, 6) is -1.19. The Morgan fingerprint density at radius 2 is 1.96 bits per heavy atom. The third-order valence-electron chi connectivity index (χ3n) is 3.50. The van der Waals surface area contributed by atoms with Gasteiger partial charge in [0.25, 0.3) is 0 Å². The Balaban J connectivity index is 1.70. The van der Waals surface area contributed by atoms with E-state index in [9.17, 15) is 14.7 Å². The average molecular weight is 362 g/mol. The first-order chi connectivity index (χ1) is 12.6. The molecule has 1 N–H and O–H groups in total. The molecule has 0 spiro atoms. The molecule has 0 fully saturated rings. The Kier molecular flexibility index (Phi) is 7.85. The minimum atomic E-state index is -1.34. The number of carbonyl (C=O) groups is 2. The zero-order chi connectivity index (χ0) is 18.8. The van der Waals surface area contributed by atoms with Crippen LogP contribution in [0.4, 0.5) is 0 Å². The highest BCUT2D eigenvalue weighted by Gasteiger charge is 2.24. The van der Waals surface area contributed by atoms with Crippen molar-refractivity contribution in [3.8, 4) is 0 Å². The van der Waals surface area contributed by atoms with Gasteiger partial charge in [0.1, 0.15) is 6.61 Å². The molecular weight excluding hydrogens is 340 g/mol. The van der Waals surface area contributed by atoms with E-state index in [2.05, 4.69) is 0 Å². The Hall–Kier alpha value is -2.64. The number of aliphatic hydroxyl groups excluding tert-OH is 1. The van der Waals surface area contributed by atoms with Gasteiger partial charge < -0.3 is 24.1 Å². The van der Waals surface area contributed by atoms with Crippen molar-refractivity contribution in [2.75, 3.05) is 19.8 Å². The number of hydrogen-bond acceptors (Lipinski definition) is 7. The van der Waals surface area contributed by atoms with Gasteiger partial charge in [-0.25, -0.2) is 4.79 Å². The Labute approximate surface area is 151 Å². The summed E-state index contributed by atoms with van der Waals surface area (Å²) in [4.78, 5) is 23.0. The highest BCUT2D eigenvalue weighted by molar-refractivity contribution is 5.76. The quantitative estimate of drug-likeness (QED) is 0.528. The fourth-order valence-corrected chi connectivity index (χ4v) is 2.27. The fourth-order valence-electron chi connectivity index (χ4n) is 2.27. The first-order valence-corrected chi connectivity index (χ1v) is 8.21. The average Bonchev–Trinajstić information content (AvgIpc) is 2.67. The Morgan fingerprint density at radius 1 is 1.19 bits per heavy atom. The molecule has 0 saturated carbocycles. The molecule has 2 rings (SSSR count). The van der Waals surface area contributed by atoms with Gasteiger partial charge in [0, 0.05) is 6.92 Å². The van der Waals surface area contributed by atoms with Gasteiger partial charge in [-0.2, -0.15) is 0 Å². The zero-order valence-corrected chi connectivity index (χ0v) is 14.4. The monoisotopic (exact) mass is 362 g/mol. The van der Waals surface area contributed by atoms with Crippen molar-refractivity contribution < 1.29 is 33.6 Å². The Morgan fingerprint density at radius 3 is 2.62 bits per heavy atom. The predicted octanol–water partition coefficient (Wildman–Crippen LogP) is 1.68. The van der Waals surface area contributed by atoms with Gasteiger partial charge in [-0.15, -0.1) is 0 Å². The van der Waals surface area contributed by atoms with Crippen molar-refractivity contribution in [2.45, 2.75) is 25.2 Å². The topological polar surface area (TPSA) is 91.3 Å². The zero-order valence-electron chi connectivity index (χ0n) is 14.4. The number of carbonyl (C=O) groups excluding carboxylic acids is 2. The second-order valence-electron chi connectivity index (χ2n) is 5.52. The van der Waals surface area contributed by atoms with Gasteiger partial charge in [0.05, 0.1) is 19.5 Å². The third-order valence-corrected chi connectivity index (χ3v) is 3.50. The van der Waals surface area contributed by atoms with Crippen LogP contribution >= 0.6 is 0 Å². The minimum absolute atomic E-state index is 0.0310. The smallest absolute Gasteiger partial charge is 0.339 e. The third kappa shape index (κ3) is 6.34. The van der Waals surface area contributed by atoms with E-state index < -0.39 is 30.3 Å². The molecular formula is C19H22O7. The molecule has 26 heavy (non-hydrogen) atoms. The molecule has 7 heteroatoms. The standard InChI is InChI=1S/C19H22O7/c1-14(20)26-17(16-9-5-6-10-24-16)13-23-11-12-25-19(22)18(21)15-7-3-2-4-8-15/h2-10,16-18,21H,11-13H2,1H3. The SMILES string of the molecule is CC(=O)OC(COCCOC(=O)C(O)c1ccccc1)C1C=CC=CO1. The number of allylic oxidation sites excluding steroid dienone is 2. The summed E-state index contributed by atoms with van der Waals surface area (Å²) < 4.78 is 21.0. The highest BCUT2D eigenvalue weighted by atomic mass is 16.6. The summed E-state index contributed by atoms with van der Waals surface area (Å²) >= 11 is 0. The first-order valence-electron chi connectivity index (χ1n) is 8.21. The van der Waals surface area contributed by atoms with E-state index in [1.807, 2.05) is 0 Å². The summed E-state index contributed by atoms with van der Waals surface area (Å²) in [5.41, 5.74) is 0.461. The van der Waals surface area contributed by atoms with E-state index in [4.69, 9.17) is 18.9 Å². The lowest BCUT2D eigenvalue weighted by atomic mass is 10.1. The largest absolute Gasteiger partial charge is 0.490 e. The van der Waals surface area contributed by atoms with Crippen LogP contribution in [-0.2, 0) is 28.5 Å². The van der Waals surface area contributed by atoms with Crippen molar-refractivity contribution >= 4 is 11.9 Å². The van der Waals surface area contributed by atoms with Crippen molar-refractivity contribution in [3.63, 3.8) is 0 Å². The molecule has 3 atom stereocenters. The molecule has 0 saturated heterocycles. The molecule has 1 aliphatic rings. The van der Waals surface area contributed by atoms with Crippen molar-refractivity contribution in [1.82, 2.24) is 0 Å². The number of rotatable bonds is 9. The molecule has 1 aliphatic heterocycles. The molecule has 1 aromatic rings. The van der Waals surface area contributed by atoms with E-state index >= 15 is 0 Å². The van der Waals surface area contributed by atoms with Crippen LogP contribution in [0.2, 0.25) is 0 Å². The molecule has 0 aliphatic carbocycles. The van der Waals surface area contributed by atoms with E-state index in [-0.39, 0.29) is 19.8 Å². The van der Waals surface area contributed by atoms with Crippen LogP contribution in [0, 0.1) is 0 Å². The van der Waals surface area contributed by atoms with Gasteiger partial charge in [-0.1, -0.05) is 36.4 Å². The number of esters is 2. The lowest BCUT2D eigenvalue weighted by molar-refractivity contribution is -0.158. The van der Waals surface area contributed by atoms with E-state index in [1.165, 1.54) is 13.2 Å². The predicted molar refractivity (Wildman–Crippen MR) is 91.9 cm³/mol. The summed E-state index contributed by atoms with van der Waals surface area (Å²) in [6.45, 7) is 1.46. The molecule has 0 amide bonds. The maximum atomic E-state index is 11.8. The van der Waals surface area contributed by atoms with E-state index in [0.29, 0.717) is 5.56 Å². The van der Waals surface area contributed by atoms with Crippen molar-refractivity contribution in [2.24, 2.45) is 0 Å². The van der Waals surface area contributed by atoms with E-state index in [0.717, 1.165) is 0 Å². The fraction of sp³-hybridized carbons (Fsp3) is 0.368. The summed E-state index contributed by atoms with van der Waals surface area (Å²) in [5, 5.41) is 9.90. The highest BCUT2D eigenvalue weighted by Crippen LogP contribution is 2.14. The number of ether oxygens (including phenoxy) is 4. The first kappa shape index (κ1) is 19.7. The maximum absolute atomic E-state index is 11.8. The number of hydrogen-bond donors (Lipinski definition) is 1. The molecule has 0 aromatic heterocycles. The molecule has 7 nitrogen and oxygen atoms in total. The number of aliphatic hydroxyl groups is 1. The van der Waals surface area contributed by atoms with Gasteiger partial charge in [0.15, 0.2) is 18.3 Å². The van der Waals surface area contributed by atoms with E-state index in [1.54, 1.807) is 48.6 Å². The van der Waals surface area contributed by atoms with Crippen LogP contribution in [0.5, 0.6) is 0 Å². The second-order valence-corrected chi connectivity index (χ2v) is 5.52. The van der Waals surface area contributed by atoms with Gasteiger partial charge in [0.2, 0.25) is 0 Å². The normalized spacial score (nSPS) is 17.8. The van der Waals surface area contributed by atoms with Crippen LogP contribution in [0.3, 0.4) is 0 Å². The molecule has 0 bridgehead atoms. The summed E-state index contributed by atoms with van der Waals surface area (Å²) in [7, 11) is 0. The van der Waals surface area contributed by atoms with Crippen LogP contribution in [0.1, 0.15) is 18.6 Å². The summed E-state index contributed by atoms with van der Waals surface area (Å²) in [6.07, 6.45) is 4.39. The lowest BCUT2D eigenvalue weighted by Gasteiger charge is -2.25. The van der Waals surface area contributed by atoms with Gasteiger partial charge in [-0.05, 0) is 17.7 Å². The summed E-state index contributed by atoms with van der Waals surface area (Å²) in [6, 6.07) is 8.51. The maximum Gasteiger partial charge on any atom is 0.339 e. The second kappa shape index (κ2) is 10.4. The van der Waals surface area contributed by atoms with Crippen LogP contribution in [-0.4, -0.2) is 49.1 Å². The van der Waals surface area contributed by atoms with Gasteiger partial charge >= 0.3 is 11.9 Å². The molecule has 3 unspecified atom stereocenters. The van der Waals surface area contributed by atoms with Crippen LogP contribution < -0.4 is 0 Å². The van der Waals surface area contributed by atoms with Crippen LogP contribution in [0.25, 0.3) is 0 Å². The number of benzene rings is 1. The molecule has 1 aromatic carbocycles. The molecule has 0 radical (unpaired) electrons. The van der Waals surface area contributed by atoms with Crippen LogP contribution in [0.15, 0.2) is 54.8 Å². The minimum Gasteiger partial charge on any atom is -0.490 e. The molecule has 1 heterocycles.